The van der Waals surface area contributed by atoms with Gasteiger partial charge in [-0.25, -0.2) is 0 Å². The first kappa shape index (κ1) is 33.0. The van der Waals surface area contributed by atoms with Crippen molar-refractivity contribution in [1.82, 2.24) is 4.57 Å². The third-order valence-corrected chi connectivity index (χ3v) is 11.8. The second-order valence-corrected chi connectivity index (χ2v) is 14.9. The summed E-state index contributed by atoms with van der Waals surface area (Å²) >= 11 is 0. The molecular weight excluding hydrogens is 689 g/mol. The zero-order valence-electron chi connectivity index (χ0n) is 31.3. The maximum atomic E-state index is 2.46. The molecule has 0 unspecified atom stereocenters. The summed E-state index contributed by atoms with van der Waals surface area (Å²) in [6.07, 6.45) is 0. The Balaban J connectivity index is 1.19. The number of aromatic nitrogens is 1. The summed E-state index contributed by atoms with van der Waals surface area (Å²) in [5.41, 5.74) is 16.3. The molecule has 0 saturated heterocycles. The fraction of sp³-hybridized carbons (Fsp3) is 0.0182. The Hall–Kier alpha value is -7.42. The van der Waals surface area contributed by atoms with Crippen molar-refractivity contribution in [2.45, 2.75) is 5.41 Å². The molecule has 1 aliphatic rings. The van der Waals surface area contributed by atoms with Gasteiger partial charge >= 0.3 is 0 Å². The van der Waals surface area contributed by atoms with E-state index in [2.05, 4.69) is 240 Å². The van der Waals surface area contributed by atoms with E-state index in [-0.39, 0.29) is 0 Å². The number of benzene rings is 9. The highest BCUT2D eigenvalue weighted by atomic mass is 15.2. The average molecular weight is 727 g/mol. The molecule has 2 nitrogen and oxygen atoms in total. The number of para-hydroxylation sites is 3. The Bertz CT molecular complexity index is 3020. The van der Waals surface area contributed by atoms with Gasteiger partial charge in [0.1, 0.15) is 0 Å². The molecule has 0 radical (unpaired) electrons. The zero-order valence-corrected chi connectivity index (χ0v) is 31.3. The second-order valence-electron chi connectivity index (χ2n) is 14.9. The molecule has 0 fully saturated rings. The Morgan fingerprint density at radius 2 is 0.912 bits per heavy atom. The van der Waals surface area contributed by atoms with Crippen molar-refractivity contribution in [2.24, 2.45) is 0 Å². The first-order valence-electron chi connectivity index (χ1n) is 19.7. The quantitative estimate of drug-likeness (QED) is 0.159. The SMILES string of the molecule is c1ccc(-c2cccc(-n3c4ccccc4c4cccc(N(c5ccccc5)c5cccc(C6(c7ccccc7)c7ccccc7-c7ccccc76)c5)c43)c2)cc1. The smallest absolute Gasteiger partial charge is 0.0782 e. The van der Waals surface area contributed by atoms with Gasteiger partial charge in [0.2, 0.25) is 0 Å². The Morgan fingerprint density at radius 3 is 1.67 bits per heavy atom. The van der Waals surface area contributed by atoms with Gasteiger partial charge in [-0.2, -0.15) is 0 Å². The largest absolute Gasteiger partial charge is 0.308 e. The second kappa shape index (κ2) is 13.4. The molecule has 0 atom stereocenters. The molecule has 0 aliphatic heterocycles. The van der Waals surface area contributed by atoms with E-state index in [4.69, 9.17) is 0 Å². The van der Waals surface area contributed by atoms with Gasteiger partial charge in [-0.1, -0.05) is 182 Å². The van der Waals surface area contributed by atoms with Gasteiger partial charge in [0.25, 0.3) is 0 Å². The topological polar surface area (TPSA) is 8.17 Å². The van der Waals surface area contributed by atoms with Crippen molar-refractivity contribution in [3.05, 3.63) is 253 Å². The van der Waals surface area contributed by atoms with Crippen LogP contribution in [-0.4, -0.2) is 4.57 Å². The highest BCUT2D eigenvalue weighted by Gasteiger charge is 2.46. The minimum atomic E-state index is -0.508. The molecule has 10 aromatic rings. The van der Waals surface area contributed by atoms with Crippen LogP contribution in [0.3, 0.4) is 0 Å². The van der Waals surface area contributed by atoms with Crippen LogP contribution in [-0.2, 0) is 5.41 Å². The number of rotatable bonds is 7. The minimum Gasteiger partial charge on any atom is -0.308 e. The Morgan fingerprint density at radius 1 is 0.368 bits per heavy atom. The molecule has 57 heavy (non-hydrogen) atoms. The lowest BCUT2D eigenvalue weighted by molar-refractivity contribution is 0.768. The van der Waals surface area contributed by atoms with Crippen LogP contribution < -0.4 is 4.90 Å². The number of fused-ring (bicyclic) bond motifs is 6. The summed E-state index contributed by atoms with van der Waals surface area (Å²) in [6, 6.07) is 84.3. The fourth-order valence-corrected chi connectivity index (χ4v) is 9.50. The summed E-state index contributed by atoms with van der Waals surface area (Å²) in [7, 11) is 0. The number of hydrogen-bond donors (Lipinski definition) is 0. The van der Waals surface area contributed by atoms with E-state index in [1.807, 2.05) is 0 Å². The highest BCUT2D eigenvalue weighted by Crippen LogP contribution is 2.56. The molecule has 9 aromatic carbocycles. The molecule has 1 heterocycles. The molecule has 268 valence electrons. The third kappa shape index (κ3) is 5.11. The molecule has 0 saturated carbocycles. The van der Waals surface area contributed by atoms with Gasteiger partial charge in [0.05, 0.1) is 22.1 Å². The summed E-state index contributed by atoms with van der Waals surface area (Å²) in [6.45, 7) is 0. The summed E-state index contributed by atoms with van der Waals surface area (Å²) in [5, 5.41) is 2.44. The van der Waals surface area contributed by atoms with Gasteiger partial charge in [-0.3, -0.25) is 0 Å². The van der Waals surface area contributed by atoms with Crippen LogP contribution in [0.15, 0.2) is 231 Å². The minimum absolute atomic E-state index is 0.508. The fourth-order valence-electron chi connectivity index (χ4n) is 9.50. The van der Waals surface area contributed by atoms with Gasteiger partial charge in [0.15, 0.2) is 0 Å². The van der Waals surface area contributed by atoms with Crippen LogP contribution in [0.1, 0.15) is 22.3 Å². The van der Waals surface area contributed by atoms with Crippen molar-refractivity contribution < 1.29 is 0 Å². The standard InChI is InChI=1S/C55H38N2/c1-4-19-39(20-5-1)40-21-16-27-44(37-40)57-52-35-15-12-31-48(52)49-32-18-36-53(54(49)57)56(43-25-8-3-9-26-43)45-28-17-24-42(38-45)55(41-22-6-2-7-23-41)50-33-13-10-29-46(50)47-30-11-14-34-51(47)55/h1-38H. The van der Waals surface area contributed by atoms with E-state index in [0.29, 0.717) is 0 Å². The molecule has 1 aliphatic carbocycles. The lowest BCUT2D eigenvalue weighted by Gasteiger charge is -2.35. The zero-order chi connectivity index (χ0) is 37.8. The predicted octanol–water partition coefficient (Wildman–Crippen LogP) is 14.3. The summed E-state index contributed by atoms with van der Waals surface area (Å²) < 4.78 is 2.46. The monoisotopic (exact) mass is 726 g/mol. The van der Waals surface area contributed by atoms with Crippen molar-refractivity contribution in [1.29, 1.82) is 0 Å². The maximum absolute atomic E-state index is 2.46. The van der Waals surface area contributed by atoms with Crippen molar-refractivity contribution >= 4 is 38.9 Å². The lowest BCUT2D eigenvalue weighted by Crippen LogP contribution is -2.28. The van der Waals surface area contributed by atoms with Gasteiger partial charge in [-0.05, 0) is 93.0 Å². The van der Waals surface area contributed by atoms with Crippen LogP contribution in [0, 0.1) is 0 Å². The lowest BCUT2D eigenvalue weighted by atomic mass is 9.67. The van der Waals surface area contributed by atoms with E-state index < -0.39 is 5.41 Å². The Kier molecular flexibility index (Phi) is 7.75. The van der Waals surface area contributed by atoms with Gasteiger partial charge in [-0.15, -0.1) is 0 Å². The molecule has 0 amide bonds. The van der Waals surface area contributed by atoms with E-state index in [1.54, 1.807) is 0 Å². The summed E-state index contributed by atoms with van der Waals surface area (Å²) in [4.78, 5) is 2.45. The van der Waals surface area contributed by atoms with Gasteiger partial charge < -0.3 is 9.47 Å². The number of nitrogens with zero attached hydrogens (tertiary/aromatic N) is 2. The molecule has 0 bridgehead atoms. The Labute approximate surface area is 333 Å². The molecular formula is C55H38N2. The molecule has 2 heteroatoms. The van der Waals surface area contributed by atoms with E-state index in [0.717, 1.165) is 28.3 Å². The van der Waals surface area contributed by atoms with E-state index in [1.165, 1.54) is 60.8 Å². The molecule has 11 rings (SSSR count). The van der Waals surface area contributed by atoms with E-state index >= 15 is 0 Å². The normalized spacial score (nSPS) is 12.7. The molecule has 1 aromatic heterocycles. The predicted molar refractivity (Wildman–Crippen MR) is 238 cm³/mol. The molecule has 0 spiro atoms. The van der Waals surface area contributed by atoms with Crippen molar-refractivity contribution in [2.75, 3.05) is 4.90 Å². The molecule has 0 N–H and O–H groups in total. The van der Waals surface area contributed by atoms with Crippen LogP contribution in [0.2, 0.25) is 0 Å². The van der Waals surface area contributed by atoms with Crippen LogP contribution >= 0.6 is 0 Å². The summed E-state index contributed by atoms with van der Waals surface area (Å²) in [5.74, 6) is 0. The number of hydrogen-bond acceptors (Lipinski definition) is 1. The first-order chi connectivity index (χ1) is 28.3. The maximum Gasteiger partial charge on any atom is 0.0782 e. The number of anilines is 3. The average Bonchev–Trinajstić information content (AvgIpc) is 3.79. The van der Waals surface area contributed by atoms with Crippen molar-refractivity contribution in [3.63, 3.8) is 0 Å². The van der Waals surface area contributed by atoms with E-state index in [9.17, 15) is 0 Å². The van der Waals surface area contributed by atoms with Gasteiger partial charge in [0, 0.05) is 27.8 Å². The van der Waals surface area contributed by atoms with Crippen LogP contribution in [0.25, 0.3) is 49.7 Å². The van der Waals surface area contributed by atoms with Crippen LogP contribution in [0.5, 0.6) is 0 Å². The first-order valence-corrected chi connectivity index (χ1v) is 19.7. The highest BCUT2D eigenvalue weighted by molar-refractivity contribution is 6.14. The van der Waals surface area contributed by atoms with Crippen molar-refractivity contribution in [3.8, 4) is 27.9 Å². The van der Waals surface area contributed by atoms with Crippen LogP contribution in [0.4, 0.5) is 17.1 Å². The third-order valence-electron chi connectivity index (χ3n) is 11.8.